The summed E-state index contributed by atoms with van der Waals surface area (Å²) in [6.45, 7) is 4.20. The summed E-state index contributed by atoms with van der Waals surface area (Å²) in [6.07, 6.45) is 3.05. The molecule has 0 unspecified atom stereocenters. The van der Waals surface area contributed by atoms with Crippen LogP contribution in [0.25, 0.3) is 6.08 Å². The molecule has 5 rings (SSSR count). The highest BCUT2D eigenvalue weighted by Crippen LogP contribution is 2.38. The number of rotatable bonds is 10. The number of esters is 1. The van der Waals surface area contributed by atoms with Gasteiger partial charge in [0.25, 0.3) is 5.56 Å². The molecular formula is C33H30Cl2N2O5S. The molecule has 43 heavy (non-hydrogen) atoms. The smallest absolute Gasteiger partial charge is 0.338 e. The molecule has 1 aliphatic heterocycles. The Morgan fingerprint density at radius 2 is 1.81 bits per heavy atom. The van der Waals surface area contributed by atoms with Gasteiger partial charge in [0.15, 0.2) is 4.80 Å². The van der Waals surface area contributed by atoms with Crippen molar-refractivity contribution in [1.82, 2.24) is 4.57 Å². The van der Waals surface area contributed by atoms with Crippen LogP contribution in [0.1, 0.15) is 49.4 Å². The highest BCUT2D eigenvalue weighted by molar-refractivity contribution is 7.07. The van der Waals surface area contributed by atoms with Gasteiger partial charge in [-0.05, 0) is 49.8 Å². The average molecular weight is 638 g/mol. The van der Waals surface area contributed by atoms with E-state index < -0.39 is 12.0 Å². The number of ether oxygens (including phenoxy) is 3. The van der Waals surface area contributed by atoms with E-state index in [0.29, 0.717) is 54.1 Å². The first kappa shape index (κ1) is 30.6. The summed E-state index contributed by atoms with van der Waals surface area (Å²) in [4.78, 5) is 32.9. The van der Waals surface area contributed by atoms with Crippen LogP contribution in [-0.4, -0.2) is 24.3 Å². The SMILES string of the molecule is CCCC1=C(C(=O)OCC)[C@H](c2cc(Cl)ccc2OC)n2c(s/c(=C/c3ccccc3OCc3ccccc3Cl)c2=O)=N1. The maximum absolute atomic E-state index is 14.2. The average Bonchev–Trinajstić information content (AvgIpc) is 3.31. The second-order valence-electron chi connectivity index (χ2n) is 9.72. The minimum absolute atomic E-state index is 0.177. The Hall–Kier alpha value is -3.85. The summed E-state index contributed by atoms with van der Waals surface area (Å²) in [6, 6.07) is 19.3. The molecule has 0 N–H and O–H groups in total. The molecule has 1 aromatic heterocycles. The van der Waals surface area contributed by atoms with Crippen molar-refractivity contribution < 1.29 is 19.0 Å². The number of fused-ring (bicyclic) bond motifs is 1. The van der Waals surface area contributed by atoms with Crippen LogP contribution in [0.2, 0.25) is 10.0 Å². The van der Waals surface area contributed by atoms with Gasteiger partial charge in [0.05, 0.1) is 29.5 Å². The van der Waals surface area contributed by atoms with E-state index in [1.165, 1.54) is 23.0 Å². The van der Waals surface area contributed by atoms with Crippen molar-refractivity contribution in [3.8, 4) is 11.5 Å². The predicted molar refractivity (Wildman–Crippen MR) is 170 cm³/mol. The summed E-state index contributed by atoms with van der Waals surface area (Å²) in [5.41, 5.74) is 2.70. The van der Waals surface area contributed by atoms with Gasteiger partial charge in [-0.2, -0.15) is 0 Å². The lowest BCUT2D eigenvalue weighted by Gasteiger charge is -2.27. The van der Waals surface area contributed by atoms with E-state index >= 15 is 0 Å². The Labute approximate surface area is 263 Å². The van der Waals surface area contributed by atoms with Gasteiger partial charge >= 0.3 is 5.97 Å². The van der Waals surface area contributed by atoms with Crippen molar-refractivity contribution >= 4 is 46.6 Å². The van der Waals surface area contributed by atoms with Crippen molar-refractivity contribution in [2.24, 2.45) is 4.99 Å². The summed E-state index contributed by atoms with van der Waals surface area (Å²) in [5, 5.41) is 1.06. The normalized spacial score (nSPS) is 14.7. The predicted octanol–water partition coefficient (Wildman–Crippen LogP) is 6.47. The maximum Gasteiger partial charge on any atom is 0.338 e. The van der Waals surface area contributed by atoms with Crippen LogP contribution in [0.4, 0.5) is 0 Å². The summed E-state index contributed by atoms with van der Waals surface area (Å²) >= 11 is 14.0. The van der Waals surface area contributed by atoms with E-state index in [2.05, 4.69) is 0 Å². The van der Waals surface area contributed by atoms with Crippen molar-refractivity contribution in [3.63, 3.8) is 0 Å². The first-order valence-electron chi connectivity index (χ1n) is 13.9. The summed E-state index contributed by atoms with van der Waals surface area (Å²) < 4.78 is 19.2. The number of benzene rings is 3. The van der Waals surface area contributed by atoms with Gasteiger partial charge in [-0.25, -0.2) is 9.79 Å². The first-order valence-corrected chi connectivity index (χ1v) is 15.4. The van der Waals surface area contributed by atoms with Gasteiger partial charge in [0, 0.05) is 26.7 Å². The highest BCUT2D eigenvalue weighted by Gasteiger charge is 2.36. The number of para-hydroxylation sites is 1. The molecule has 2 heterocycles. The van der Waals surface area contributed by atoms with E-state index in [1.807, 2.05) is 55.5 Å². The number of thiazole rings is 1. The third-order valence-electron chi connectivity index (χ3n) is 6.93. The summed E-state index contributed by atoms with van der Waals surface area (Å²) in [5.74, 6) is 0.552. The lowest BCUT2D eigenvalue weighted by molar-refractivity contribution is -0.139. The second kappa shape index (κ2) is 13.6. The molecule has 0 saturated carbocycles. The molecule has 0 amide bonds. The molecule has 4 aromatic rings. The Balaban J connectivity index is 1.68. The fraction of sp³-hybridized carbons (Fsp3) is 0.242. The lowest BCUT2D eigenvalue weighted by Crippen LogP contribution is -2.40. The Kier molecular flexibility index (Phi) is 9.70. The molecule has 7 nitrogen and oxygen atoms in total. The molecule has 0 bridgehead atoms. The number of carbonyl (C=O) groups excluding carboxylic acids is 1. The molecule has 0 spiro atoms. The van der Waals surface area contributed by atoms with Crippen LogP contribution < -0.4 is 24.4 Å². The fourth-order valence-corrected chi connectivity index (χ4v) is 6.36. The zero-order valence-corrected chi connectivity index (χ0v) is 26.3. The zero-order chi connectivity index (χ0) is 30.5. The maximum atomic E-state index is 14.2. The first-order chi connectivity index (χ1) is 20.9. The van der Waals surface area contributed by atoms with Gasteiger partial charge in [-0.1, -0.05) is 84.3 Å². The van der Waals surface area contributed by atoms with E-state index in [4.69, 9.17) is 42.4 Å². The number of halogens is 2. The van der Waals surface area contributed by atoms with E-state index in [0.717, 1.165) is 17.5 Å². The highest BCUT2D eigenvalue weighted by atomic mass is 35.5. The molecule has 222 valence electrons. The zero-order valence-electron chi connectivity index (χ0n) is 23.9. The minimum atomic E-state index is -0.848. The minimum Gasteiger partial charge on any atom is -0.496 e. The molecule has 1 aliphatic rings. The van der Waals surface area contributed by atoms with Gasteiger partial charge in [-0.15, -0.1) is 0 Å². The fourth-order valence-electron chi connectivity index (χ4n) is 4.98. The number of allylic oxidation sites excluding steroid dienone is 1. The Bertz CT molecular complexity index is 1880. The van der Waals surface area contributed by atoms with Crippen LogP contribution in [0, 0.1) is 0 Å². The van der Waals surface area contributed by atoms with E-state index in [9.17, 15) is 9.59 Å². The van der Waals surface area contributed by atoms with Crippen molar-refractivity contribution in [3.05, 3.63) is 124 Å². The van der Waals surface area contributed by atoms with Gasteiger partial charge < -0.3 is 14.2 Å². The quantitative estimate of drug-likeness (QED) is 0.186. The van der Waals surface area contributed by atoms with E-state index in [1.54, 1.807) is 31.2 Å². The lowest BCUT2D eigenvalue weighted by atomic mass is 9.93. The molecule has 0 fully saturated rings. The largest absolute Gasteiger partial charge is 0.496 e. The second-order valence-corrected chi connectivity index (χ2v) is 11.6. The molecule has 0 saturated heterocycles. The van der Waals surface area contributed by atoms with Crippen LogP contribution >= 0.6 is 34.5 Å². The molecule has 0 aliphatic carbocycles. The number of methoxy groups -OCH3 is 1. The van der Waals surface area contributed by atoms with Gasteiger partial charge in [0.2, 0.25) is 0 Å². The molecule has 1 atom stereocenters. The van der Waals surface area contributed by atoms with Crippen molar-refractivity contribution in [2.75, 3.05) is 13.7 Å². The Morgan fingerprint density at radius 3 is 2.56 bits per heavy atom. The monoisotopic (exact) mass is 636 g/mol. The van der Waals surface area contributed by atoms with Gasteiger partial charge in [0.1, 0.15) is 24.1 Å². The number of hydrogen-bond donors (Lipinski definition) is 0. The molecule has 3 aromatic carbocycles. The summed E-state index contributed by atoms with van der Waals surface area (Å²) in [7, 11) is 1.54. The Morgan fingerprint density at radius 1 is 1.05 bits per heavy atom. The number of hydrogen-bond acceptors (Lipinski definition) is 7. The molecule has 0 radical (unpaired) electrons. The standard InChI is InChI=1S/C33H30Cl2N2O5S/c1-4-10-25-29(32(39)41-5-2)30(23-18-22(34)15-16-27(23)40-3)37-31(38)28(43-33(37)36-25)17-20-11-7-9-14-26(20)42-19-21-12-6-8-13-24(21)35/h6-9,11-18,30H,4-5,10,19H2,1-3H3/b28-17+/t30-/m0/s1. The molecule has 10 heteroatoms. The van der Waals surface area contributed by atoms with Crippen molar-refractivity contribution in [1.29, 1.82) is 0 Å². The topological polar surface area (TPSA) is 79.1 Å². The third-order valence-corrected chi connectivity index (χ3v) is 8.51. The van der Waals surface area contributed by atoms with Crippen LogP contribution in [0.5, 0.6) is 11.5 Å². The third kappa shape index (κ3) is 6.42. The van der Waals surface area contributed by atoms with Crippen LogP contribution in [0.15, 0.2) is 87.8 Å². The molecular weight excluding hydrogens is 607 g/mol. The van der Waals surface area contributed by atoms with Crippen LogP contribution in [0.3, 0.4) is 0 Å². The number of aromatic nitrogens is 1. The van der Waals surface area contributed by atoms with Crippen LogP contribution in [-0.2, 0) is 16.1 Å². The van der Waals surface area contributed by atoms with Gasteiger partial charge in [-0.3, -0.25) is 9.36 Å². The van der Waals surface area contributed by atoms with Crippen molar-refractivity contribution in [2.45, 2.75) is 39.3 Å². The van der Waals surface area contributed by atoms with E-state index in [-0.39, 0.29) is 18.8 Å². The number of carbonyl (C=O) groups is 1. The number of nitrogens with zero attached hydrogens (tertiary/aromatic N) is 2.